The lowest BCUT2D eigenvalue weighted by molar-refractivity contribution is 0.685. The molecule has 1 aromatic rings. The van der Waals surface area contributed by atoms with Gasteiger partial charge in [-0.1, -0.05) is 23.1 Å². The quantitative estimate of drug-likeness (QED) is 0.772. The maximum Gasteiger partial charge on any atom is 0.206 e. The van der Waals surface area contributed by atoms with Crippen molar-refractivity contribution in [2.45, 2.75) is 36.1 Å². The van der Waals surface area contributed by atoms with Crippen LogP contribution in [0.1, 0.15) is 25.7 Å². The zero-order chi connectivity index (χ0) is 12.8. The van der Waals surface area contributed by atoms with Crippen LogP contribution in [-0.4, -0.2) is 22.0 Å². The van der Waals surface area contributed by atoms with Crippen molar-refractivity contribution in [1.82, 2.24) is 10.2 Å². The van der Waals surface area contributed by atoms with Gasteiger partial charge in [-0.25, -0.2) is 0 Å². The summed E-state index contributed by atoms with van der Waals surface area (Å²) in [6.07, 6.45) is 3.49. The summed E-state index contributed by atoms with van der Waals surface area (Å²) in [7, 11) is 0. The lowest BCUT2D eigenvalue weighted by Gasteiger charge is -2.03. The number of aromatic nitrogens is 2. The molecule has 0 aromatic carbocycles. The van der Waals surface area contributed by atoms with E-state index in [0.717, 1.165) is 9.47 Å². The smallest absolute Gasteiger partial charge is 0.206 e. The first-order valence-corrected chi connectivity index (χ1v) is 7.61. The molecule has 7 heteroatoms. The fourth-order valence-electron chi connectivity index (χ4n) is 1.32. The van der Waals surface area contributed by atoms with E-state index in [9.17, 15) is 0 Å². The van der Waals surface area contributed by atoms with Gasteiger partial charge in [-0.15, -0.1) is 10.2 Å². The fraction of sp³-hybridized carbons (Fsp3) is 0.636. The molecular weight excluding hydrogens is 266 g/mol. The summed E-state index contributed by atoms with van der Waals surface area (Å²) in [4.78, 5) is 0. The van der Waals surface area contributed by atoms with Crippen LogP contribution in [0, 0.1) is 28.6 Å². The van der Waals surface area contributed by atoms with Gasteiger partial charge in [0.2, 0.25) is 5.13 Å². The number of hydrogen-bond acceptors (Lipinski definition) is 7. The molecule has 1 aliphatic carbocycles. The Morgan fingerprint density at radius 1 is 1.44 bits per heavy atom. The zero-order valence-corrected chi connectivity index (χ0v) is 11.4. The van der Waals surface area contributed by atoms with Gasteiger partial charge in [-0.05, 0) is 19.3 Å². The van der Waals surface area contributed by atoms with Gasteiger partial charge in [0.1, 0.15) is 0 Å². The Morgan fingerprint density at radius 2 is 2.28 bits per heavy atom. The first kappa shape index (κ1) is 13.1. The summed E-state index contributed by atoms with van der Waals surface area (Å²) < 4.78 is 0.885. The molecular formula is C11H13N5S2. The van der Waals surface area contributed by atoms with Gasteiger partial charge >= 0.3 is 0 Å². The Morgan fingerprint density at radius 3 is 2.94 bits per heavy atom. The molecule has 1 heterocycles. The number of nitriles is 2. The molecule has 1 fully saturated rings. The van der Waals surface area contributed by atoms with Crippen LogP contribution in [0.25, 0.3) is 0 Å². The standard InChI is InChI=1S/C11H13N5S2/c12-5-1-2-8(6-13)7-17-11-16-15-10(18-11)14-9-3-4-9/h8-9H,1-4,7H2,(H,14,15)/t8-/m1/s1. The van der Waals surface area contributed by atoms with E-state index in [2.05, 4.69) is 27.7 Å². The van der Waals surface area contributed by atoms with Crippen LogP contribution in [0.2, 0.25) is 0 Å². The maximum absolute atomic E-state index is 8.95. The summed E-state index contributed by atoms with van der Waals surface area (Å²) in [5.74, 6) is 0.592. The monoisotopic (exact) mass is 279 g/mol. The van der Waals surface area contributed by atoms with Gasteiger partial charge in [0.15, 0.2) is 4.34 Å². The average molecular weight is 279 g/mol. The molecule has 5 nitrogen and oxygen atoms in total. The normalized spacial score (nSPS) is 15.7. The predicted octanol–water partition coefficient (Wildman–Crippen LogP) is 2.65. The molecule has 0 spiro atoms. The molecule has 0 bridgehead atoms. The molecule has 1 saturated carbocycles. The van der Waals surface area contributed by atoms with Gasteiger partial charge in [0, 0.05) is 18.2 Å². The van der Waals surface area contributed by atoms with Crippen molar-refractivity contribution >= 4 is 28.2 Å². The minimum absolute atomic E-state index is 0.0848. The summed E-state index contributed by atoms with van der Waals surface area (Å²) in [6, 6.07) is 4.87. The van der Waals surface area contributed by atoms with Gasteiger partial charge in [0.25, 0.3) is 0 Å². The topological polar surface area (TPSA) is 85.4 Å². The molecule has 94 valence electrons. The van der Waals surface area contributed by atoms with Crippen LogP contribution in [-0.2, 0) is 0 Å². The average Bonchev–Trinajstić information content (AvgIpc) is 3.08. The first-order valence-electron chi connectivity index (χ1n) is 5.81. The van der Waals surface area contributed by atoms with E-state index in [1.807, 2.05) is 0 Å². The van der Waals surface area contributed by atoms with Crippen LogP contribution in [0.4, 0.5) is 5.13 Å². The van der Waals surface area contributed by atoms with Crippen molar-refractivity contribution in [1.29, 1.82) is 10.5 Å². The molecule has 2 rings (SSSR count). The molecule has 0 aliphatic heterocycles. The summed E-state index contributed by atoms with van der Waals surface area (Å²) >= 11 is 3.08. The van der Waals surface area contributed by atoms with Gasteiger partial charge in [0.05, 0.1) is 18.1 Å². The second kappa shape index (κ2) is 6.58. The van der Waals surface area contributed by atoms with Gasteiger partial charge in [-0.2, -0.15) is 10.5 Å². The largest absolute Gasteiger partial charge is 0.357 e. The highest BCUT2D eigenvalue weighted by molar-refractivity contribution is 8.01. The van der Waals surface area contributed by atoms with Crippen molar-refractivity contribution < 1.29 is 0 Å². The van der Waals surface area contributed by atoms with Gasteiger partial charge < -0.3 is 5.32 Å². The summed E-state index contributed by atoms with van der Waals surface area (Å²) in [5, 5.41) is 29.7. The lowest BCUT2D eigenvalue weighted by Crippen LogP contribution is -1.99. The van der Waals surface area contributed by atoms with Crippen molar-refractivity contribution in [3.63, 3.8) is 0 Å². The second-order valence-corrected chi connectivity index (χ2v) is 6.37. The minimum atomic E-state index is -0.0848. The van der Waals surface area contributed by atoms with Crippen molar-refractivity contribution in [3.8, 4) is 12.1 Å². The van der Waals surface area contributed by atoms with Gasteiger partial charge in [-0.3, -0.25) is 0 Å². The summed E-state index contributed by atoms with van der Waals surface area (Å²) in [5.41, 5.74) is 0. The number of hydrogen-bond donors (Lipinski definition) is 1. The molecule has 1 atom stereocenters. The molecule has 0 amide bonds. The molecule has 1 N–H and O–H groups in total. The van der Waals surface area contributed by atoms with Crippen LogP contribution in [0.15, 0.2) is 4.34 Å². The number of nitrogens with one attached hydrogen (secondary N) is 1. The third-order valence-electron chi connectivity index (χ3n) is 2.51. The van der Waals surface area contributed by atoms with Crippen molar-refractivity contribution in [3.05, 3.63) is 0 Å². The van der Waals surface area contributed by atoms with Crippen LogP contribution >= 0.6 is 23.1 Å². The Bertz CT molecular complexity index is 469. The second-order valence-electron chi connectivity index (χ2n) is 4.13. The molecule has 0 unspecified atom stereocenters. The highest BCUT2D eigenvalue weighted by Crippen LogP contribution is 2.31. The third kappa shape index (κ3) is 4.17. The number of thioether (sulfide) groups is 1. The van der Waals surface area contributed by atoms with E-state index in [1.165, 1.54) is 24.2 Å². The summed E-state index contributed by atoms with van der Waals surface area (Å²) in [6.45, 7) is 0. The zero-order valence-electron chi connectivity index (χ0n) is 9.80. The van der Waals surface area contributed by atoms with Crippen LogP contribution in [0.3, 0.4) is 0 Å². The molecule has 0 radical (unpaired) electrons. The van der Waals surface area contributed by atoms with E-state index >= 15 is 0 Å². The highest BCUT2D eigenvalue weighted by atomic mass is 32.2. The first-order chi connectivity index (χ1) is 8.81. The van der Waals surface area contributed by atoms with E-state index in [0.29, 0.717) is 24.6 Å². The molecule has 18 heavy (non-hydrogen) atoms. The van der Waals surface area contributed by atoms with E-state index in [4.69, 9.17) is 10.5 Å². The van der Waals surface area contributed by atoms with E-state index in [-0.39, 0.29) is 5.92 Å². The SMILES string of the molecule is N#CCC[C@H](C#N)CSc1nnc(NC2CC2)s1. The Kier molecular flexibility index (Phi) is 4.80. The van der Waals surface area contributed by atoms with E-state index in [1.54, 1.807) is 11.8 Å². The molecule has 1 aliphatic rings. The number of anilines is 1. The van der Waals surface area contributed by atoms with Crippen LogP contribution in [0.5, 0.6) is 0 Å². The molecule has 1 aromatic heterocycles. The Labute approximate surface area is 114 Å². The number of nitrogens with zero attached hydrogens (tertiary/aromatic N) is 4. The molecule has 0 saturated heterocycles. The third-order valence-corrected chi connectivity index (χ3v) is 4.66. The van der Waals surface area contributed by atoms with Crippen molar-refractivity contribution in [2.75, 3.05) is 11.1 Å². The van der Waals surface area contributed by atoms with Crippen LogP contribution < -0.4 is 5.32 Å². The highest BCUT2D eigenvalue weighted by Gasteiger charge is 2.22. The fourth-order valence-corrected chi connectivity index (χ4v) is 3.24. The maximum atomic E-state index is 8.95. The minimum Gasteiger partial charge on any atom is -0.357 e. The Balaban J connectivity index is 1.76. The lowest BCUT2D eigenvalue weighted by atomic mass is 10.1. The van der Waals surface area contributed by atoms with E-state index < -0.39 is 0 Å². The Hall–Kier alpha value is -1.31. The van der Waals surface area contributed by atoms with Crippen molar-refractivity contribution in [2.24, 2.45) is 5.92 Å². The predicted molar refractivity (Wildman–Crippen MR) is 71.2 cm³/mol. The number of rotatable bonds is 7.